The predicted octanol–water partition coefficient (Wildman–Crippen LogP) is 9.20. The molecule has 2 aromatic heterocycles. The molecule has 19 heteroatoms. The third kappa shape index (κ3) is 8.57. The van der Waals surface area contributed by atoms with E-state index in [2.05, 4.69) is 57.7 Å². The summed E-state index contributed by atoms with van der Waals surface area (Å²) >= 11 is 25.6. The Kier molecular flexibility index (Phi) is 11.2. The van der Waals surface area contributed by atoms with Gasteiger partial charge in [0.2, 0.25) is 0 Å². The third-order valence-electron chi connectivity index (χ3n) is 7.25. The molecule has 7 rings (SSSR count). The van der Waals surface area contributed by atoms with Gasteiger partial charge in [0.05, 0.1) is 52.3 Å². The summed E-state index contributed by atoms with van der Waals surface area (Å²) < 4.78 is 56.2. The normalized spacial score (nSPS) is 11.6. The Morgan fingerprint density at radius 1 is 0.615 bits per heavy atom. The van der Waals surface area contributed by atoms with Crippen molar-refractivity contribution in [3.05, 3.63) is 132 Å². The molecular formula is C33H22Cl4IN7O5S2. The highest BCUT2D eigenvalue weighted by Crippen LogP contribution is 2.30. The van der Waals surface area contributed by atoms with Crippen molar-refractivity contribution in [2.45, 2.75) is 9.79 Å². The Labute approximate surface area is 330 Å². The van der Waals surface area contributed by atoms with Crippen LogP contribution < -0.4 is 14.8 Å². The van der Waals surface area contributed by atoms with Crippen molar-refractivity contribution in [1.82, 2.24) is 20.4 Å². The zero-order chi connectivity index (χ0) is 37.2. The minimum absolute atomic E-state index is 0.00215. The van der Waals surface area contributed by atoms with Gasteiger partial charge in [-0.05, 0) is 108 Å². The number of sulfonamides is 2. The highest BCUT2D eigenvalue weighted by molar-refractivity contribution is 14.1. The number of nitrogens with zero attached hydrogens (tertiary/aromatic N) is 2. The molecular weight excluding hydrogens is 907 g/mol. The van der Waals surface area contributed by atoms with E-state index in [1.54, 1.807) is 54.6 Å². The van der Waals surface area contributed by atoms with E-state index in [0.717, 1.165) is 9.09 Å². The van der Waals surface area contributed by atoms with Crippen LogP contribution in [-0.4, -0.2) is 43.1 Å². The Bertz CT molecular complexity index is 2690. The van der Waals surface area contributed by atoms with Crippen molar-refractivity contribution < 1.29 is 21.6 Å². The van der Waals surface area contributed by atoms with E-state index in [0.29, 0.717) is 37.7 Å². The van der Waals surface area contributed by atoms with E-state index < -0.39 is 20.0 Å². The summed E-state index contributed by atoms with van der Waals surface area (Å²) in [5.41, 5.74) is 2.36. The number of aromatic amines is 2. The Morgan fingerprint density at radius 2 is 1.17 bits per heavy atom. The highest BCUT2D eigenvalue weighted by atomic mass is 127. The number of halogens is 5. The van der Waals surface area contributed by atoms with E-state index in [-0.39, 0.29) is 37.2 Å². The first-order valence-electron chi connectivity index (χ1n) is 14.6. The van der Waals surface area contributed by atoms with Gasteiger partial charge < -0.3 is 5.32 Å². The Morgan fingerprint density at radius 3 is 1.75 bits per heavy atom. The molecule has 0 bridgehead atoms. The smallest absolute Gasteiger partial charge is 0.261 e. The van der Waals surface area contributed by atoms with Gasteiger partial charge in [-0.2, -0.15) is 10.2 Å². The van der Waals surface area contributed by atoms with Gasteiger partial charge in [-0.3, -0.25) is 24.4 Å². The molecule has 5 N–H and O–H groups in total. The second-order valence-corrected chi connectivity index (χ2v) is 16.9. The maximum absolute atomic E-state index is 12.8. The first-order valence-corrected chi connectivity index (χ1v) is 20.2. The van der Waals surface area contributed by atoms with Crippen molar-refractivity contribution in [2.24, 2.45) is 0 Å². The minimum Gasteiger partial charge on any atom is -0.305 e. The number of rotatable bonds is 8. The molecule has 0 aliphatic heterocycles. The van der Waals surface area contributed by atoms with Crippen molar-refractivity contribution >= 4 is 134 Å². The van der Waals surface area contributed by atoms with Crippen LogP contribution in [0.4, 0.5) is 17.2 Å². The molecule has 5 aromatic carbocycles. The molecule has 0 aliphatic carbocycles. The molecule has 0 spiro atoms. The van der Waals surface area contributed by atoms with Crippen LogP contribution in [0, 0.1) is 3.70 Å². The highest BCUT2D eigenvalue weighted by Gasteiger charge is 2.19. The molecule has 7 aromatic rings. The van der Waals surface area contributed by atoms with Gasteiger partial charge in [-0.1, -0.05) is 64.6 Å². The van der Waals surface area contributed by atoms with Gasteiger partial charge in [0.15, 0.2) is 5.82 Å². The standard InChI is InChI=1S/C20H14Cl2N4O3S.C13H8Cl2IN3O2S/c21-16-8-6-13(10-17(16)22)26-30(28,29)14-7-9-18-15(11-14)19(25-24-18)23-20(27)12-4-2-1-3-5-12;14-10-3-1-7(5-11(10)15)19-22(20,21)8-2-4-12-9(6-8)13(16)18-17-12/h1-11,26H,(H2,23,24,25,27);1-6,19H,(H,17,18). The maximum atomic E-state index is 12.8. The number of hydrogen-bond acceptors (Lipinski definition) is 7. The first kappa shape index (κ1) is 37.7. The van der Waals surface area contributed by atoms with Crippen LogP contribution in [0.5, 0.6) is 0 Å². The second-order valence-electron chi connectivity index (χ2n) is 10.8. The molecule has 0 saturated carbocycles. The quantitative estimate of drug-likeness (QED) is 0.0943. The van der Waals surface area contributed by atoms with E-state index >= 15 is 0 Å². The lowest BCUT2D eigenvalue weighted by molar-refractivity contribution is 0.102. The van der Waals surface area contributed by atoms with Gasteiger partial charge in [-0.15, -0.1) is 0 Å². The molecule has 0 saturated heterocycles. The molecule has 1 amide bonds. The van der Waals surface area contributed by atoms with Crippen LogP contribution >= 0.6 is 69.0 Å². The van der Waals surface area contributed by atoms with Crippen molar-refractivity contribution in [2.75, 3.05) is 14.8 Å². The lowest BCUT2D eigenvalue weighted by Gasteiger charge is -2.09. The lowest BCUT2D eigenvalue weighted by atomic mass is 10.2. The topological polar surface area (TPSA) is 179 Å². The van der Waals surface area contributed by atoms with Gasteiger partial charge in [-0.25, -0.2) is 16.8 Å². The van der Waals surface area contributed by atoms with Crippen LogP contribution in [0.2, 0.25) is 20.1 Å². The maximum Gasteiger partial charge on any atom is 0.261 e. The van der Waals surface area contributed by atoms with Gasteiger partial charge in [0.1, 0.15) is 3.70 Å². The van der Waals surface area contributed by atoms with Crippen LogP contribution in [0.15, 0.2) is 113 Å². The summed E-state index contributed by atoms with van der Waals surface area (Å²) in [6.07, 6.45) is 0. The van der Waals surface area contributed by atoms with Crippen LogP contribution in [-0.2, 0) is 20.0 Å². The van der Waals surface area contributed by atoms with Crippen molar-refractivity contribution in [1.29, 1.82) is 0 Å². The number of amides is 1. The molecule has 2 heterocycles. The lowest BCUT2D eigenvalue weighted by Crippen LogP contribution is -2.13. The predicted molar refractivity (Wildman–Crippen MR) is 214 cm³/mol. The number of aromatic nitrogens is 4. The Balaban J connectivity index is 0.000000187. The van der Waals surface area contributed by atoms with Crippen molar-refractivity contribution in [3.8, 4) is 0 Å². The fourth-order valence-corrected chi connectivity index (χ4v) is 8.00. The average molecular weight is 929 g/mol. The fourth-order valence-electron chi connectivity index (χ4n) is 4.70. The number of benzene rings is 5. The van der Waals surface area contributed by atoms with E-state index in [4.69, 9.17) is 46.4 Å². The number of nitrogens with one attached hydrogen (secondary N) is 5. The SMILES string of the molecule is O=C(Nc1n[nH]c2ccc(S(=O)(=O)Nc3ccc(Cl)c(Cl)c3)cc12)c1ccccc1.O=S(=O)(Nc1ccc(Cl)c(Cl)c1)c1ccc2n[nH]c(I)c2c1. The molecule has 0 fully saturated rings. The molecule has 0 atom stereocenters. The second kappa shape index (κ2) is 15.5. The van der Waals surface area contributed by atoms with Gasteiger partial charge in [0.25, 0.3) is 26.0 Å². The number of anilines is 3. The summed E-state index contributed by atoms with van der Waals surface area (Å²) in [5, 5.41) is 18.8. The first-order chi connectivity index (χ1) is 24.7. The number of carbonyl (C=O) groups is 1. The van der Waals surface area contributed by atoms with Crippen LogP contribution in [0.3, 0.4) is 0 Å². The monoisotopic (exact) mass is 927 g/mol. The molecule has 0 unspecified atom stereocenters. The number of hydrogen-bond donors (Lipinski definition) is 5. The molecule has 52 heavy (non-hydrogen) atoms. The van der Waals surface area contributed by atoms with Gasteiger partial charge in [0, 0.05) is 16.3 Å². The molecule has 266 valence electrons. The fraction of sp³-hybridized carbons (Fsp3) is 0. The molecule has 12 nitrogen and oxygen atoms in total. The summed E-state index contributed by atoms with van der Waals surface area (Å²) in [4.78, 5) is 12.6. The summed E-state index contributed by atoms with van der Waals surface area (Å²) in [5.74, 6) is -0.128. The van der Waals surface area contributed by atoms with E-state index in [9.17, 15) is 21.6 Å². The molecule has 0 radical (unpaired) electrons. The largest absolute Gasteiger partial charge is 0.305 e. The average Bonchev–Trinajstić information content (AvgIpc) is 3.70. The van der Waals surface area contributed by atoms with Crippen molar-refractivity contribution in [3.63, 3.8) is 0 Å². The van der Waals surface area contributed by atoms with Crippen LogP contribution in [0.1, 0.15) is 10.4 Å². The zero-order valence-corrected chi connectivity index (χ0v) is 32.8. The van der Waals surface area contributed by atoms with Gasteiger partial charge >= 0.3 is 0 Å². The zero-order valence-electron chi connectivity index (χ0n) is 26.0. The Hall–Kier alpha value is -4.10. The summed E-state index contributed by atoms with van der Waals surface area (Å²) in [7, 11) is -7.64. The summed E-state index contributed by atoms with van der Waals surface area (Å²) in [6, 6.07) is 26.8. The minimum atomic E-state index is -3.92. The van der Waals surface area contributed by atoms with E-state index in [1.165, 1.54) is 48.5 Å². The third-order valence-corrected chi connectivity index (χ3v) is 12.3. The number of carbonyl (C=O) groups excluding carboxylic acids is 1. The number of H-pyrrole nitrogens is 2. The van der Waals surface area contributed by atoms with Crippen LogP contribution in [0.25, 0.3) is 21.8 Å². The van der Waals surface area contributed by atoms with E-state index in [1.807, 2.05) is 0 Å². The molecule has 0 aliphatic rings. The number of fused-ring (bicyclic) bond motifs is 2. The summed E-state index contributed by atoms with van der Waals surface area (Å²) in [6.45, 7) is 0.